The Morgan fingerprint density at radius 3 is 2.72 bits per heavy atom. The smallest absolute Gasteiger partial charge is 0.315 e. The second kappa shape index (κ2) is 8.05. The molecule has 0 aliphatic carbocycles. The maximum atomic E-state index is 12.8. The second-order valence-corrected chi connectivity index (χ2v) is 5.44. The predicted octanol–water partition coefficient (Wildman–Crippen LogP) is 2.45. The minimum absolute atomic E-state index is 0.268. The summed E-state index contributed by atoms with van der Waals surface area (Å²) >= 11 is 0. The van der Waals surface area contributed by atoms with Crippen LogP contribution >= 0.6 is 0 Å². The fourth-order valence-corrected chi connectivity index (χ4v) is 2.30. The van der Waals surface area contributed by atoms with Gasteiger partial charge in [0.2, 0.25) is 0 Å². The molecule has 0 fully saturated rings. The molecule has 0 bridgehead atoms. The van der Waals surface area contributed by atoms with Crippen LogP contribution in [0, 0.1) is 5.82 Å². The molecule has 7 heteroatoms. The molecule has 3 rings (SSSR count). The second-order valence-electron chi connectivity index (χ2n) is 5.44. The summed E-state index contributed by atoms with van der Waals surface area (Å²) in [5.74, 6) is 0.495. The maximum absolute atomic E-state index is 12.8. The van der Waals surface area contributed by atoms with Crippen molar-refractivity contribution in [1.82, 2.24) is 25.2 Å². The van der Waals surface area contributed by atoms with E-state index in [-0.39, 0.29) is 11.8 Å². The number of rotatable bonds is 6. The quantitative estimate of drug-likeness (QED) is 0.725. The minimum Gasteiger partial charge on any atom is -0.338 e. The van der Waals surface area contributed by atoms with Gasteiger partial charge in [0.15, 0.2) is 0 Å². The first-order valence-electron chi connectivity index (χ1n) is 7.91. The third-order valence-electron chi connectivity index (χ3n) is 3.59. The van der Waals surface area contributed by atoms with Crippen molar-refractivity contribution in [2.24, 2.45) is 0 Å². The number of pyridine rings is 1. The van der Waals surface area contributed by atoms with E-state index >= 15 is 0 Å². The van der Waals surface area contributed by atoms with Crippen LogP contribution in [0.25, 0.3) is 5.82 Å². The zero-order chi connectivity index (χ0) is 17.5. The average Bonchev–Trinajstić information content (AvgIpc) is 3.16. The first-order chi connectivity index (χ1) is 12.2. The Kier molecular flexibility index (Phi) is 5.36. The number of carbonyl (C=O) groups is 1. The third kappa shape index (κ3) is 4.87. The van der Waals surface area contributed by atoms with Crippen LogP contribution in [0.15, 0.2) is 61.2 Å². The molecule has 0 spiro atoms. The van der Waals surface area contributed by atoms with Crippen molar-refractivity contribution >= 4 is 6.03 Å². The van der Waals surface area contributed by atoms with E-state index in [0.717, 1.165) is 17.1 Å². The highest BCUT2D eigenvalue weighted by atomic mass is 19.1. The van der Waals surface area contributed by atoms with Crippen LogP contribution in [0.1, 0.15) is 11.3 Å². The van der Waals surface area contributed by atoms with Gasteiger partial charge in [-0.1, -0.05) is 18.2 Å². The van der Waals surface area contributed by atoms with Crippen molar-refractivity contribution < 1.29 is 9.18 Å². The van der Waals surface area contributed by atoms with Gasteiger partial charge in [-0.15, -0.1) is 0 Å². The molecule has 6 nitrogen and oxygen atoms in total. The molecule has 2 heterocycles. The Labute approximate surface area is 144 Å². The van der Waals surface area contributed by atoms with Gasteiger partial charge in [0.05, 0.1) is 0 Å². The lowest BCUT2D eigenvalue weighted by atomic mass is 10.2. The number of hydrogen-bond donors (Lipinski definition) is 2. The highest BCUT2D eigenvalue weighted by molar-refractivity contribution is 5.73. The van der Waals surface area contributed by atoms with Crippen molar-refractivity contribution in [2.75, 3.05) is 6.54 Å². The molecule has 0 saturated heterocycles. The fraction of sp³-hybridized carbons (Fsp3) is 0.167. The molecular weight excluding hydrogens is 321 g/mol. The summed E-state index contributed by atoms with van der Waals surface area (Å²) < 4.78 is 14.6. The molecule has 0 aliphatic rings. The number of hydrogen-bond acceptors (Lipinski definition) is 3. The van der Waals surface area contributed by atoms with E-state index < -0.39 is 0 Å². The number of imidazole rings is 1. The molecule has 2 N–H and O–H groups in total. The SMILES string of the molecule is O=C(NCCc1cccc(-n2ccnc2)n1)NCc1ccc(F)cc1. The van der Waals surface area contributed by atoms with Crippen molar-refractivity contribution in [3.8, 4) is 5.82 Å². The molecular formula is C18H18FN5O. The first kappa shape index (κ1) is 16.6. The Hall–Kier alpha value is -3.22. The fourth-order valence-electron chi connectivity index (χ4n) is 2.30. The molecule has 0 saturated carbocycles. The van der Waals surface area contributed by atoms with E-state index in [4.69, 9.17) is 0 Å². The zero-order valence-corrected chi connectivity index (χ0v) is 13.5. The molecule has 2 amide bonds. The number of aromatic nitrogens is 3. The lowest BCUT2D eigenvalue weighted by Crippen LogP contribution is -2.36. The van der Waals surface area contributed by atoms with Crippen LogP contribution in [0.4, 0.5) is 9.18 Å². The van der Waals surface area contributed by atoms with Gasteiger partial charge in [0.1, 0.15) is 18.0 Å². The summed E-state index contributed by atoms with van der Waals surface area (Å²) in [7, 11) is 0. The normalized spacial score (nSPS) is 10.4. The molecule has 25 heavy (non-hydrogen) atoms. The summed E-state index contributed by atoms with van der Waals surface area (Å²) in [6, 6.07) is 11.5. The lowest BCUT2D eigenvalue weighted by Gasteiger charge is -2.08. The molecule has 0 atom stereocenters. The van der Waals surface area contributed by atoms with Gasteiger partial charge in [-0.05, 0) is 29.8 Å². The molecule has 1 aromatic carbocycles. The van der Waals surface area contributed by atoms with Gasteiger partial charge >= 0.3 is 6.03 Å². The van der Waals surface area contributed by atoms with Crippen molar-refractivity contribution in [1.29, 1.82) is 0 Å². The standard InChI is InChI=1S/C18H18FN5O/c19-15-6-4-14(5-7-15)12-22-18(25)21-9-8-16-2-1-3-17(23-16)24-11-10-20-13-24/h1-7,10-11,13H,8-9,12H2,(H2,21,22,25). The van der Waals surface area contributed by atoms with E-state index in [1.807, 2.05) is 29.0 Å². The topological polar surface area (TPSA) is 71.8 Å². The van der Waals surface area contributed by atoms with E-state index in [1.165, 1.54) is 12.1 Å². The summed E-state index contributed by atoms with van der Waals surface area (Å²) in [5, 5.41) is 5.52. The highest BCUT2D eigenvalue weighted by Crippen LogP contribution is 2.05. The molecule has 128 valence electrons. The number of halogens is 1. The van der Waals surface area contributed by atoms with Crippen molar-refractivity contribution in [2.45, 2.75) is 13.0 Å². The van der Waals surface area contributed by atoms with Gasteiger partial charge in [-0.25, -0.2) is 19.2 Å². The third-order valence-corrected chi connectivity index (χ3v) is 3.59. The number of amides is 2. The molecule has 0 radical (unpaired) electrons. The number of carbonyl (C=O) groups excluding carboxylic acids is 1. The molecule has 0 unspecified atom stereocenters. The van der Waals surface area contributed by atoms with Gasteiger partial charge in [0.25, 0.3) is 0 Å². The van der Waals surface area contributed by atoms with Gasteiger partial charge in [-0.2, -0.15) is 0 Å². The summed E-state index contributed by atoms with van der Waals surface area (Å²) in [5.41, 5.74) is 1.72. The van der Waals surface area contributed by atoms with Gasteiger partial charge in [-0.3, -0.25) is 4.57 Å². The zero-order valence-electron chi connectivity index (χ0n) is 13.5. The van der Waals surface area contributed by atoms with E-state index in [1.54, 1.807) is 24.7 Å². The van der Waals surface area contributed by atoms with Crippen LogP contribution in [0.5, 0.6) is 0 Å². The van der Waals surface area contributed by atoms with Crippen LogP contribution in [0.3, 0.4) is 0 Å². The molecule has 2 aromatic heterocycles. The first-order valence-corrected chi connectivity index (χ1v) is 7.91. The average molecular weight is 339 g/mol. The van der Waals surface area contributed by atoms with Crippen molar-refractivity contribution in [3.05, 3.63) is 78.3 Å². The van der Waals surface area contributed by atoms with Crippen molar-refractivity contribution in [3.63, 3.8) is 0 Å². The van der Waals surface area contributed by atoms with Crippen LogP contribution in [-0.2, 0) is 13.0 Å². The van der Waals surface area contributed by atoms with Gasteiger partial charge in [0, 0.05) is 37.6 Å². The van der Waals surface area contributed by atoms with Gasteiger partial charge < -0.3 is 10.6 Å². The number of nitrogens with zero attached hydrogens (tertiary/aromatic N) is 3. The van der Waals surface area contributed by atoms with E-state index in [9.17, 15) is 9.18 Å². The Bertz CT molecular complexity index is 818. The summed E-state index contributed by atoms with van der Waals surface area (Å²) in [6.07, 6.45) is 5.83. The predicted molar refractivity (Wildman–Crippen MR) is 91.7 cm³/mol. The Balaban J connectivity index is 1.44. The Morgan fingerprint density at radius 1 is 1.12 bits per heavy atom. The number of nitrogens with one attached hydrogen (secondary N) is 2. The van der Waals surface area contributed by atoms with Crippen LogP contribution < -0.4 is 10.6 Å². The van der Waals surface area contributed by atoms with E-state index in [0.29, 0.717) is 19.5 Å². The number of benzene rings is 1. The highest BCUT2D eigenvalue weighted by Gasteiger charge is 2.03. The minimum atomic E-state index is -0.293. The molecule has 3 aromatic rings. The van der Waals surface area contributed by atoms with E-state index in [2.05, 4.69) is 20.6 Å². The monoisotopic (exact) mass is 339 g/mol. The van der Waals surface area contributed by atoms with Crippen LogP contribution in [-0.4, -0.2) is 27.1 Å². The summed E-state index contributed by atoms with van der Waals surface area (Å²) in [4.78, 5) is 20.3. The Morgan fingerprint density at radius 2 is 1.96 bits per heavy atom. The maximum Gasteiger partial charge on any atom is 0.315 e. The largest absolute Gasteiger partial charge is 0.338 e. The van der Waals surface area contributed by atoms with Crippen LogP contribution in [0.2, 0.25) is 0 Å². The number of urea groups is 1. The lowest BCUT2D eigenvalue weighted by molar-refractivity contribution is 0.240. The molecule has 0 aliphatic heterocycles. The summed E-state index contributed by atoms with van der Waals surface area (Å²) in [6.45, 7) is 0.816.